The van der Waals surface area contributed by atoms with E-state index in [0.717, 1.165) is 24.0 Å². The van der Waals surface area contributed by atoms with E-state index in [1.54, 1.807) is 0 Å². The smallest absolute Gasteiger partial charge is 0.194 e. The number of hydrogen-bond acceptors (Lipinski definition) is 0. The first-order valence-electron chi connectivity index (χ1n) is 9.78. The van der Waals surface area contributed by atoms with Crippen LogP contribution in [-0.4, -0.2) is 0 Å². The molecule has 3 heteroatoms. The SMILES string of the molecule is CCC(CC)C1CCC(c2ccc(-c3cc(F)c(F)c(F)c3)cc2)CC1. The summed E-state index contributed by atoms with van der Waals surface area (Å²) in [5, 5.41) is 0. The molecule has 1 aliphatic rings. The van der Waals surface area contributed by atoms with E-state index in [9.17, 15) is 13.2 Å². The average molecular weight is 360 g/mol. The maximum Gasteiger partial charge on any atom is 0.194 e. The highest BCUT2D eigenvalue weighted by molar-refractivity contribution is 5.64. The predicted molar refractivity (Wildman–Crippen MR) is 101 cm³/mol. The maximum atomic E-state index is 13.4. The average Bonchev–Trinajstić information content (AvgIpc) is 2.67. The van der Waals surface area contributed by atoms with Gasteiger partial charge in [0.05, 0.1) is 0 Å². The molecule has 1 fully saturated rings. The van der Waals surface area contributed by atoms with Crippen molar-refractivity contribution in [3.63, 3.8) is 0 Å². The predicted octanol–water partition coefficient (Wildman–Crippen LogP) is 7.48. The summed E-state index contributed by atoms with van der Waals surface area (Å²) in [7, 11) is 0. The van der Waals surface area contributed by atoms with Crippen LogP contribution in [-0.2, 0) is 0 Å². The molecule has 1 saturated carbocycles. The van der Waals surface area contributed by atoms with Gasteiger partial charge in [-0.1, -0.05) is 51.0 Å². The van der Waals surface area contributed by atoms with Crippen LogP contribution in [0.3, 0.4) is 0 Å². The van der Waals surface area contributed by atoms with Crippen LogP contribution in [0, 0.1) is 29.3 Å². The second-order valence-electron chi connectivity index (χ2n) is 7.56. The van der Waals surface area contributed by atoms with E-state index in [0.29, 0.717) is 17.0 Å². The van der Waals surface area contributed by atoms with E-state index < -0.39 is 17.5 Å². The van der Waals surface area contributed by atoms with Gasteiger partial charge < -0.3 is 0 Å². The van der Waals surface area contributed by atoms with Crippen molar-refractivity contribution >= 4 is 0 Å². The fourth-order valence-electron chi connectivity index (χ4n) is 4.55. The number of benzene rings is 2. The van der Waals surface area contributed by atoms with E-state index in [4.69, 9.17) is 0 Å². The molecular weight excluding hydrogens is 333 g/mol. The van der Waals surface area contributed by atoms with E-state index in [1.165, 1.54) is 44.1 Å². The topological polar surface area (TPSA) is 0 Å². The summed E-state index contributed by atoms with van der Waals surface area (Å²) in [4.78, 5) is 0. The summed E-state index contributed by atoms with van der Waals surface area (Å²) in [6.45, 7) is 4.58. The van der Waals surface area contributed by atoms with Crippen LogP contribution in [0.5, 0.6) is 0 Å². The standard InChI is InChI=1S/C23H27F3/c1-3-15(4-2)16-5-7-17(8-6-16)18-9-11-19(12-10-18)20-13-21(24)23(26)22(25)14-20/h9-17H,3-8H2,1-2H3. The minimum absolute atomic E-state index is 0.366. The largest absolute Gasteiger partial charge is 0.204 e. The second kappa shape index (κ2) is 8.28. The Morgan fingerprint density at radius 3 is 1.85 bits per heavy atom. The lowest BCUT2D eigenvalue weighted by molar-refractivity contribution is 0.221. The van der Waals surface area contributed by atoms with Crippen molar-refractivity contribution in [3.8, 4) is 11.1 Å². The van der Waals surface area contributed by atoms with E-state index >= 15 is 0 Å². The van der Waals surface area contributed by atoms with Crippen LogP contribution in [0.2, 0.25) is 0 Å². The normalized spacial score (nSPS) is 20.5. The molecule has 0 heterocycles. The lowest BCUT2D eigenvalue weighted by Crippen LogP contribution is -2.20. The van der Waals surface area contributed by atoms with Crippen molar-refractivity contribution in [2.45, 2.75) is 58.3 Å². The first-order valence-corrected chi connectivity index (χ1v) is 9.78. The fraction of sp³-hybridized carbons (Fsp3) is 0.478. The summed E-state index contributed by atoms with van der Waals surface area (Å²) in [6.07, 6.45) is 7.53. The van der Waals surface area contributed by atoms with E-state index in [2.05, 4.69) is 26.0 Å². The highest BCUT2D eigenvalue weighted by Gasteiger charge is 2.26. The van der Waals surface area contributed by atoms with Crippen molar-refractivity contribution in [3.05, 3.63) is 59.4 Å². The summed E-state index contributed by atoms with van der Waals surface area (Å²) in [6, 6.07) is 9.97. The highest BCUT2D eigenvalue weighted by Crippen LogP contribution is 2.40. The third-order valence-electron chi connectivity index (χ3n) is 6.19. The molecule has 0 N–H and O–H groups in total. The van der Waals surface area contributed by atoms with Gasteiger partial charge >= 0.3 is 0 Å². The molecule has 2 aromatic rings. The molecule has 140 valence electrons. The molecule has 0 bridgehead atoms. The van der Waals surface area contributed by atoms with Gasteiger partial charge in [-0.3, -0.25) is 0 Å². The van der Waals surface area contributed by atoms with Gasteiger partial charge in [-0.15, -0.1) is 0 Å². The number of halogens is 3. The first-order chi connectivity index (χ1) is 12.5. The molecule has 0 spiro atoms. The molecule has 2 aromatic carbocycles. The summed E-state index contributed by atoms with van der Waals surface area (Å²) in [5.74, 6) is -1.45. The first kappa shape index (κ1) is 19.0. The van der Waals surface area contributed by atoms with Crippen LogP contribution in [0.4, 0.5) is 13.2 Å². The van der Waals surface area contributed by atoms with Gasteiger partial charge in [0.25, 0.3) is 0 Å². The lowest BCUT2D eigenvalue weighted by Gasteiger charge is -2.33. The van der Waals surface area contributed by atoms with Gasteiger partial charge in [0.1, 0.15) is 0 Å². The number of rotatable bonds is 5. The van der Waals surface area contributed by atoms with Crippen LogP contribution in [0.25, 0.3) is 11.1 Å². The minimum Gasteiger partial charge on any atom is -0.204 e. The van der Waals surface area contributed by atoms with Crippen LogP contribution >= 0.6 is 0 Å². The zero-order valence-electron chi connectivity index (χ0n) is 15.6. The van der Waals surface area contributed by atoms with E-state index in [-0.39, 0.29) is 0 Å². The van der Waals surface area contributed by atoms with Crippen molar-refractivity contribution in [2.24, 2.45) is 11.8 Å². The molecule has 26 heavy (non-hydrogen) atoms. The summed E-state index contributed by atoms with van der Waals surface area (Å²) >= 11 is 0. The molecule has 0 radical (unpaired) electrons. The Balaban J connectivity index is 1.69. The minimum atomic E-state index is -1.42. The van der Waals surface area contributed by atoms with Gasteiger partial charge in [-0.2, -0.15) is 0 Å². The Labute approximate surface area is 154 Å². The second-order valence-corrected chi connectivity index (χ2v) is 7.56. The van der Waals surface area contributed by atoms with Crippen LogP contribution in [0.15, 0.2) is 36.4 Å². The zero-order valence-corrected chi connectivity index (χ0v) is 15.6. The molecule has 3 rings (SSSR count). The molecule has 0 aromatic heterocycles. The quantitative estimate of drug-likeness (QED) is 0.485. The van der Waals surface area contributed by atoms with Gasteiger partial charge in [-0.25, -0.2) is 13.2 Å². The van der Waals surface area contributed by atoms with Gasteiger partial charge in [0.2, 0.25) is 0 Å². The lowest BCUT2D eigenvalue weighted by atomic mass is 9.72. The van der Waals surface area contributed by atoms with Gasteiger partial charge in [-0.05, 0) is 72.3 Å². The molecule has 1 aliphatic carbocycles. The Hall–Kier alpha value is -1.77. The Morgan fingerprint density at radius 1 is 0.808 bits per heavy atom. The molecule has 0 atom stereocenters. The van der Waals surface area contributed by atoms with Crippen molar-refractivity contribution in [1.29, 1.82) is 0 Å². The van der Waals surface area contributed by atoms with Gasteiger partial charge in [0, 0.05) is 0 Å². The van der Waals surface area contributed by atoms with Gasteiger partial charge in [0.15, 0.2) is 17.5 Å². The summed E-state index contributed by atoms with van der Waals surface area (Å²) < 4.78 is 40.0. The summed E-state index contributed by atoms with van der Waals surface area (Å²) in [5.41, 5.74) is 2.36. The van der Waals surface area contributed by atoms with Crippen molar-refractivity contribution < 1.29 is 13.2 Å². The monoisotopic (exact) mass is 360 g/mol. The van der Waals surface area contributed by atoms with Crippen LogP contribution < -0.4 is 0 Å². The molecule has 0 unspecified atom stereocenters. The highest BCUT2D eigenvalue weighted by atomic mass is 19.2. The Bertz CT molecular complexity index is 701. The third-order valence-corrected chi connectivity index (χ3v) is 6.19. The maximum absolute atomic E-state index is 13.4. The molecule has 0 aliphatic heterocycles. The Kier molecular flexibility index (Phi) is 6.05. The molecule has 0 saturated heterocycles. The Morgan fingerprint density at radius 2 is 1.35 bits per heavy atom. The van der Waals surface area contributed by atoms with Crippen LogP contribution in [0.1, 0.15) is 63.9 Å². The zero-order chi connectivity index (χ0) is 18.7. The van der Waals surface area contributed by atoms with E-state index in [1.807, 2.05) is 12.1 Å². The molecule has 0 nitrogen and oxygen atoms in total. The van der Waals surface area contributed by atoms with Crippen molar-refractivity contribution in [2.75, 3.05) is 0 Å². The fourth-order valence-corrected chi connectivity index (χ4v) is 4.55. The molecular formula is C23H27F3. The molecule has 0 amide bonds. The van der Waals surface area contributed by atoms with Crippen molar-refractivity contribution in [1.82, 2.24) is 0 Å². The third kappa shape index (κ3) is 3.97. The number of hydrogen-bond donors (Lipinski definition) is 0.